The van der Waals surface area contributed by atoms with Crippen LogP contribution < -0.4 is 5.73 Å². The summed E-state index contributed by atoms with van der Waals surface area (Å²) >= 11 is 1.69. The lowest BCUT2D eigenvalue weighted by molar-refractivity contribution is 0.591. The minimum absolute atomic E-state index is 0.133. The van der Waals surface area contributed by atoms with Gasteiger partial charge in [0.15, 0.2) is 5.16 Å². The lowest BCUT2D eigenvalue weighted by atomic mass is 10.1. The maximum absolute atomic E-state index is 6.06. The Morgan fingerprint density at radius 3 is 2.76 bits per heavy atom. The maximum Gasteiger partial charge on any atom is 0.196 e. The molecule has 5 heteroatoms. The Kier molecular flexibility index (Phi) is 4.60. The summed E-state index contributed by atoms with van der Waals surface area (Å²) < 4.78 is 2.28. The van der Waals surface area contributed by atoms with Crippen molar-refractivity contribution < 1.29 is 0 Å². The zero-order chi connectivity index (χ0) is 14.7. The van der Waals surface area contributed by atoms with Crippen LogP contribution >= 0.6 is 11.8 Å². The van der Waals surface area contributed by atoms with Gasteiger partial charge in [-0.2, -0.15) is 0 Å². The number of rotatable bonds is 4. The Bertz CT molecular complexity index is 591. The van der Waals surface area contributed by atoms with Crippen LogP contribution in [0.25, 0.3) is 0 Å². The second-order valence-electron chi connectivity index (χ2n) is 5.55. The average Bonchev–Trinajstić information content (AvgIpc) is 2.75. The number of hydrogen-bond donors (Lipinski definition) is 1. The summed E-state index contributed by atoms with van der Waals surface area (Å²) in [5.74, 6) is 1.14. The zero-order valence-corrected chi connectivity index (χ0v) is 13.3. The van der Waals surface area contributed by atoms with Crippen LogP contribution in [0.2, 0.25) is 0 Å². The number of fused-ring (bicyclic) bond motifs is 1. The van der Waals surface area contributed by atoms with Gasteiger partial charge >= 0.3 is 0 Å². The van der Waals surface area contributed by atoms with Crippen LogP contribution in [0.3, 0.4) is 0 Å². The van der Waals surface area contributed by atoms with E-state index >= 15 is 0 Å². The minimum atomic E-state index is 0.133. The number of hydrogen-bond acceptors (Lipinski definition) is 4. The first kappa shape index (κ1) is 14.6. The number of aryl methyl sites for hydroxylation is 1. The van der Waals surface area contributed by atoms with E-state index in [2.05, 4.69) is 46.0 Å². The highest BCUT2D eigenvalue weighted by Gasteiger charge is 2.15. The van der Waals surface area contributed by atoms with Gasteiger partial charge in [0.2, 0.25) is 0 Å². The average molecular weight is 302 g/mol. The van der Waals surface area contributed by atoms with E-state index in [-0.39, 0.29) is 6.04 Å². The molecule has 1 aliphatic rings. The van der Waals surface area contributed by atoms with Gasteiger partial charge in [0, 0.05) is 23.9 Å². The summed E-state index contributed by atoms with van der Waals surface area (Å²) in [5.41, 5.74) is 7.25. The highest BCUT2D eigenvalue weighted by atomic mass is 32.2. The summed E-state index contributed by atoms with van der Waals surface area (Å²) in [7, 11) is 0. The summed E-state index contributed by atoms with van der Waals surface area (Å²) in [6.07, 6.45) is 5.76. The minimum Gasteiger partial charge on any atom is -0.324 e. The molecule has 0 radical (unpaired) electrons. The molecule has 4 nitrogen and oxygen atoms in total. The van der Waals surface area contributed by atoms with Crippen molar-refractivity contribution in [2.45, 2.75) is 61.7 Å². The summed E-state index contributed by atoms with van der Waals surface area (Å²) in [6, 6.07) is 8.64. The van der Waals surface area contributed by atoms with Gasteiger partial charge in [-0.15, -0.1) is 10.2 Å². The van der Waals surface area contributed by atoms with Gasteiger partial charge < -0.3 is 10.3 Å². The van der Waals surface area contributed by atoms with Crippen molar-refractivity contribution in [3.8, 4) is 0 Å². The molecule has 0 saturated carbocycles. The predicted octanol–water partition coefficient (Wildman–Crippen LogP) is 3.57. The van der Waals surface area contributed by atoms with Crippen LogP contribution in [0.1, 0.15) is 50.0 Å². The highest BCUT2D eigenvalue weighted by molar-refractivity contribution is 7.99. The second kappa shape index (κ2) is 6.62. The molecule has 0 aliphatic carbocycles. The van der Waals surface area contributed by atoms with Crippen LogP contribution in [0.4, 0.5) is 0 Å². The van der Waals surface area contributed by atoms with E-state index in [1.165, 1.54) is 29.7 Å². The van der Waals surface area contributed by atoms with Gasteiger partial charge in [0.25, 0.3) is 0 Å². The number of aromatic nitrogens is 3. The predicted molar refractivity (Wildman–Crippen MR) is 85.4 cm³/mol. The van der Waals surface area contributed by atoms with E-state index in [9.17, 15) is 0 Å². The third-order valence-corrected chi connectivity index (χ3v) is 5.03. The van der Waals surface area contributed by atoms with Crippen LogP contribution in [-0.2, 0) is 13.0 Å². The van der Waals surface area contributed by atoms with E-state index in [4.69, 9.17) is 5.73 Å². The van der Waals surface area contributed by atoms with Crippen molar-refractivity contribution >= 4 is 11.8 Å². The monoisotopic (exact) mass is 302 g/mol. The van der Waals surface area contributed by atoms with Crippen LogP contribution in [0.15, 0.2) is 34.3 Å². The Labute approximate surface area is 130 Å². The van der Waals surface area contributed by atoms with Crippen molar-refractivity contribution in [3.05, 3.63) is 35.7 Å². The van der Waals surface area contributed by atoms with E-state index in [0.717, 1.165) is 30.4 Å². The van der Waals surface area contributed by atoms with Crippen molar-refractivity contribution in [1.29, 1.82) is 0 Å². The third-order valence-electron chi connectivity index (χ3n) is 4.03. The molecule has 1 atom stereocenters. The highest BCUT2D eigenvalue weighted by Crippen LogP contribution is 2.29. The van der Waals surface area contributed by atoms with Crippen LogP contribution in [0.5, 0.6) is 0 Å². The molecule has 2 N–H and O–H groups in total. The summed E-state index contributed by atoms with van der Waals surface area (Å²) in [6.45, 7) is 3.16. The van der Waals surface area contributed by atoms with Gasteiger partial charge in [-0.1, -0.05) is 25.5 Å². The fourth-order valence-corrected chi connectivity index (χ4v) is 3.53. The SMILES string of the molecule is CC[C@H](N)c1ccc(Sc2nnc3n2CCCCC3)cc1. The largest absolute Gasteiger partial charge is 0.324 e. The first-order valence-corrected chi connectivity index (χ1v) is 8.55. The van der Waals surface area contributed by atoms with E-state index in [0.29, 0.717) is 0 Å². The molecule has 1 aromatic carbocycles. The molecule has 21 heavy (non-hydrogen) atoms. The van der Waals surface area contributed by atoms with Crippen molar-refractivity contribution in [2.75, 3.05) is 0 Å². The second-order valence-corrected chi connectivity index (χ2v) is 6.59. The molecule has 2 heterocycles. The fourth-order valence-electron chi connectivity index (χ4n) is 2.66. The lowest BCUT2D eigenvalue weighted by Gasteiger charge is -2.10. The van der Waals surface area contributed by atoms with Gasteiger partial charge in [-0.25, -0.2) is 0 Å². The van der Waals surface area contributed by atoms with Crippen molar-refractivity contribution in [1.82, 2.24) is 14.8 Å². The molecule has 112 valence electrons. The van der Waals surface area contributed by atoms with E-state index in [1.54, 1.807) is 11.8 Å². The Hall–Kier alpha value is -1.33. The molecule has 1 aliphatic heterocycles. The lowest BCUT2D eigenvalue weighted by Crippen LogP contribution is -2.08. The van der Waals surface area contributed by atoms with Gasteiger partial charge in [0.05, 0.1) is 0 Å². The standard InChI is InChI=1S/C16H22N4S/c1-2-14(17)12-7-9-13(10-8-12)21-16-19-18-15-6-4-3-5-11-20(15)16/h7-10,14H,2-6,11,17H2,1H3/t14-/m0/s1. The number of nitrogens with zero attached hydrogens (tertiary/aromatic N) is 3. The smallest absolute Gasteiger partial charge is 0.196 e. The maximum atomic E-state index is 6.06. The molecular weight excluding hydrogens is 280 g/mol. The van der Waals surface area contributed by atoms with Crippen LogP contribution in [0, 0.1) is 0 Å². The first-order valence-electron chi connectivity index (χ1n) is 7.73. The molecule has 2 aromatic rings. The summed E-state index contributed by atoms with van der Waals surface area (Å²) in [4.78, 5) is 1.20. The first-order chi connectivity index (χ1) is 10.3. The molecule has 3 rings (SSSR count). The molecule has 0 saturated heterocycles. The quantitative estimate of drug-likeness (QED) is 0.938. The van der Waals surface area contributed by atoms with E-state index in [1.807, 2.05) is 0 Å². The normalized spacial score (nSPS) is 16.3. The van der Waals surface area contributed by atoms with Gasteiger partial charge in [-0.05, 0) is 48.7 Å². The topological polar surface area (TPSA) is 56.7 Å². The number of nitrogens with two attached hydrogens (primary N) is 1. The van der Waals surface area contributed by atoms with Gasteiger partial charge in [-0.3, -0.25) is 0 Å². The van der Waals surface area contributed by atoms with E-state index < -0.39 is 0 Å². The number of benzene rings is 1. The van der Waals surface area contributed by atoms with Crippen molar-refractivity contribution in [2.24, 2.45) is 5.73 Å². The Morgan fingerprint density at radius 2 is 2.00 bits per heavy atom. The molecule has 1 aromatic heterocycles. The molecule has 0 bridgehead atoms. The Morgan fingerprint density at radius 1 is 1.19 bits per heavy atom. The third kappa shape index (κ3) is 3.30. The Balaban J connectivity index is 1.76. The van der Waals surface area contributed by atoms with Crippen LogP contribution in [-0.4, -0.2) is 14.8 Å². The van der Waals surface area contributed by atoms with Crippen molar-refractivity contribution in [3.63, 3.8) is 0 Å². The van der Waals surface area contributed by atoms with Gasteiger partial charge in [0.1, 0.15) is 5.82 Å². The molecule has 0 amide bonds. The molecule has 0 unspecified atom stereocenters. The molecule has 0 fully saturated rings. The summed E-state index contributed by atoms with van der Waals surface area (Å²) in [5, 5.41) is 9.72. The fraction of sp³-hybridized carbons (Fsp3) is 0.500. The zero-order valence-electron chi connectivity index (χ0n) is 12.5. The molecular formula is C16H22N4S. The molecule has 0 spiro atoms.